The van der Waals surface area contributed by atoms with E-state index in [0.717, 1.165) is 43.1 Å². The zero-order valence-corrected chi connectivity index (χ0v) is 12.7. The van der Waals surface area contributed by atoms with Crippen LogP contribution in [0.3, 0.4) is 0 Å². The molecule has 1 aliphatic rings. The average Bonchev–Trinajstić information content (AvgIpc) is 3.28. The zero-order valence-electron chi connectivity index (χ0n) is 12.7. The summed E-state index contributed by atoms with van der Waals surface area (Å²) in [6, 6.07) is 5.14. The van der Waals surface area contributed by atoms with E-state index < -0.39 is 11.7 Å². The van der Waals surface area contributed by atoms with Gasteiger partial charge in [-0.25, -0.2) is 4.99 Å². The Morgan fingerprint density at radius 3 is 2.41 bits per heavy atom. The van der Waals surface area contributed by atoms with Gasteiger partial charge in [-0.15, -0.1) is 0 Å². The maximum Gasteiger partial charge on any atom is 0.416 e. The van der Waals surface area contributed by atoms with Crippen LogP contribution in [0, 0.1) is 5.92 Å². The molecule has 0 aromatic heterocycles. The molecule has 0 unspecified atom stereocenters. The molecule has 1 aliphatic carbocycles. The first-order chi connectivity index (χ1) is 10.5. The molecule has 0 atom stereocenters. The SMILES string of the molecule is CCNC(=NCc1ccc(C(F)(F)F)cc1)NCCC1CC1. The molecule has 0 bridgehead atoms. The number of benzene rings is 1. The fraction of sp³-hybridized carbons (Fsp3) is 0.562. The highest BCUT2D eigenvalue weighted by molar-refractivity contribution is 5.79. The van der Waals surface area contributed by atoms with Crippen LogP contribution in [0.25, 0.3) is 0 Å². The molecule has 22 heavy (non-hydrogen) atoms. The normalized spacial score (nSPS) is 15.7. The Morgan fingerprint density at radius 1 is 1.18 bits per heavy atom. The summed E-state index contributed by atoms with van der Waals surface area (Å²) >= 11 is 0. The van der Waals surface area contributed by atoms with E-state index in [1.54, 1.807) is 0 Å². The highest BCUT2D eigenvalue weighted by atomic mass is 19.4. The lowest BCUT2D eigenvalue weighted by Gasteiger charge is -2.11. The molecule has 1 saturated carbocycles. The van der Waals surface area contributed by atoms with Crippen LogP contribution in [0.2, 0.25) is 0 Å². The van der Waals surface area contributed by atoms with Crippen molar-refractivity contribution in [3.05, 3.63) is 35.4 Å². The highest BCUT2D eigenvalue weighted by Gasteiger charge is 2.29. The maximum absolute atomic E-state index is 12.5. The molecule has 2 rings (SSSR count). The molecule has 1 fully saturated rings. The summed E-state index contributed by atoms with van der Waals surface area (Å²) in [7, 11) is 0. The van der Waals surface area contributed by atoms with E-state index in [4.69, 9.17) is 0 Å². The predicted molar refractivity (Wildman–Crippen MR) is 81.6 cm³/mol. The van der Waals surface area contributed by atoms with E-state index in [-0.39, 0.29) is 0 Å². The summed E-state index contributed by atoms with van der Waals surface area (Å²) in [5, 5.41) is 6.40. The molecule has 0 aliphatic heterocycles. The minimum absolute atomic E-state index is 0.358. The zero-order chi connectivity index (χ0) is 16.0. The van der Waals surface area contributed by atoms with Gasteiger partial charge in [-0.2, -0.15) is 13.2 Å². The van der Waals surface area contributed by atoms with Gasteiger partial charge in [-0.05, 0) is 37.0 Å². The molecule has 1 aromatic rings. The Kier molecular flexibility index (Phi) is 5.69. The van der Waals surface area contributed by atoms with Crippen molar-refractivity contribution in [2.75, 3.05) is 13.1 Å². The Morgan fingerprint density at radius 2 is 1.86 bits per heavy atom. The molecule has 0 saturated heterocycles. The fourth-order valence-corrected chi connectivity index (χ4v) is 2.11. The second kappa shape index (κ2) is 7.51. The molecule has 2 N–H and O–H groups in total. The summed E-state index contributed by atoms with van der Waals surface area (Å²) in [5.41, 5.74) is 0.127. The van der Waals surface area contributed by atoms with Crippen molar-refractivity contribution in [3.8, 4) is 0 Å². The van der Waals surface area contributed by atoms with E-state index in [1.807, 2.05) is 6.92 Å². The molecule has 0 heterocycles. The third kappa shape index (κ3) is 5.58. The average molecular weight is 313 g/mol. The lowest BCUT2D eigenvalue weighted by molar-refractivity contribution is -0.137. The van der Waals surface area contributed by atoms with Crippen molar-refractivity contribution in [3.63, 3.8) is 0 Å². The number of halogens is 3. The van der Waals surface area contributed by atoms with Crippen LogP contribution in [-0.2, 0) is 12.7 Å². The predicted octanol–water partition coefficient (Wildman–Crippen LogP) is 3.56. The van der Waals surface area contributed by atoms with Crippen molar-refractivity contribution in [2.24, 2.45) is 10.9 Å². The van der Waals surface area contributed by atoms with E-state index in [0.29, 0.717) is 12.5 Å². The van der Waals surface area contributed by atoms with E-state index in [1.165, 1.54) is 25.0 Å². The van der Waals surface area contributed by atoms with E-state index in [9.17, 15) is 13.2 Å². The van der Waals surface area contributed by atoms with Crippen molar-refractivity contribution < 1.29 is 13.2 Å². The number of aliphatic imine (C=N–C) groups is 1. The molecule has 122 valence electrons. The van der Waals surface area contributed by atoms with Gasteiger partial charge < -0.3 is 10.6 Å². The lowest BCUT2D eigenvalue weighted by atomic mass is 10.1. The third-order valence-corrected chi connectivity index (χ3v) is 3.59. The van der Waals surface area contributed by atoms with Crippen LogP contribution in [0.5, 0.6) is 0 Å². The van der Waals surface area contributed by atoms with Crippen LogP contribution in [0.1, 0.15) is 37.3 Å². The van der Waals surface area contributed by atoms with Gasteiger partial charge in [0.15, 0.2) is 5.96 Å². The van der Waals surface area contributed by atoms with Gasteiger partial charge in [-0.1, -0.05) is 25.0 Å². The molecule has 0 spiro atoms. The number of rotatable bonds is 6. The van der Waals surface area contributed by atoms with Crippen LogP contribution in [0.15, 0.2) is 29.3 Å². The molecule has 3 nitrogen and oxygen atoms in total. The number of nitrogens with zero attached hydrogens (tertiary/aromatic N) is 1. The summed E-state index contributed by atoms with van der Waals surface area (Å²) in [6.07, 6.45) is -0.506. The first kappa shape index (κ1) is 16.6. The number of nitrogens with one attached hydrogen (secondary N) is 2. The Balaban J connectivity index is 1.87. The molecule has 0 radical (unpaired) electrons. The molecular formula is C16H22F3N3. The fourth-order valence-electron chi connectivity index (χ4n) is 2.11. The van der Waals surface area contributed by atoms with Crippen molar-refractivity contribution in [1.82, 2.24) is 10.6 Å². The monoisotopic (exact) mass is 313 g/mol. The number of hydrogen-bond donors (Lipinski definition) is 2. The summed E-state index contributed by atoms with van der Waals surface area (Å²) in [4.78, 5) is 4.41. The Bertz CT molecular complexity index is 490. The lowest BCUT2D eigenvalue weighted by Crippen LogP contribution is -2.37. The number of hydrogen-bond acceptors (Lipinski definition) is 1. The van der Waals surface area contributed by atoms with Gasteiger partial charge >= 0.3 is 6.18 Å². The van der Waals surface area contributed by atoms with Gasteiger partial charge in [0.05, 0.1) is 12.1 Å². The van der Waals surface area contributed by atoms with Gasteiger partial charge in [0.1, 0.15) is 0 Å². The number of alkyl halides is 3. The second-order valence-corrected chi connectivity index (χ2v) is 5.55. The first-order valence-electron chi connectivity index (χ1n) is 7.67. The smallest absolute Gasteiger partial charge is 0.357 e. The number of guanidine groups is 1. The van der Waals surface area contributed by atoms with Crippen LogP contribution in [-0.4, -0.2) is 19.0 Å². The summed E-state index contributed by atoms with van der Waals surface area (Å²) in [5.74, 6) is 1.56. The van der Waals surface area contributed by atoms with Gasteiger partial charge in [0, 0.05) is 13.1 Å². The van der Waals surface area contributed by atoms with Crippen molar-refractivity contribution in [2.45, 2.75) is 38.9 Å². The van der Waals surface area contributed by atoms with Crippen molar-refractivity contribution in [1.29, 1.82) is 0 Å². The first-order valence-corrected chi connectivity index (χ1v) is 7.67. The topological polar surface area (TPSA) is 36.4 Å². The molecule has 0 amide bonds. The standard InChI is InChI=1S/C16H22F3N3/c1-2-20-15(21-10-9-12-3-4-12)22-11-13-5-7-14(8-6-13)16(17,18)19/h5-8,12H,2-4,9-11H2,1H3,(H2,20,21,22). The van der Waals surface area contributed by atoms with Gasteiger partial charge in [-0.3, -0.25) is 0 Å². The molecular weight excluding hydrogens is 291 g/mol. The van der Waals surface area contributed by atoms with Crippen LogP contribution >= 0.6 is 0 Å². The minimum Gasteiger partial charge on any atom is -0.357 e. The largest absolute Gasteiger partial charge is 0.416 e. The Labute approximate surface area is 129 Å². The van der Waals surface area contributed by atoms with E-state index in [2.05, 4.69) is 15.6 Å². The molecule has 6 heteroatoms. The third-order valence-electron chi connectivity index (χ3n) is 3.59. The van der Waals surface area contributed by atoms with Gasteiger partial charge in [0.25, 0.3) is 0 Å². The van der Waals surface area contributed by atoms with Crippen LogP contribution in [0.4, 0.5) is 13.2 Å². The summed E-state index contributed by atoms with van der Waals surface area (Å²) < 4.78 is 37.5. The van der Waals surface area contributed by atoms with Crippen LogP contribution < -0.4 is 10.6 Å². The molecule has 1 aromatic carbocycles. The van der Waals surface area contributed by atoms with E-state index >= 15 is 0 Å². The van der Waals surface area contributed by atoms with Crippen molar-refractivity contribution >= 4 is 5.96 Å². The minimum atomic E-state index is -4.29. The highest BCUT2D eigenvalue weighted by Crippen LogP contribution is 2.31. The second-order valence-electron chi connectivity index (χ2n) is 5.55. The van der Waals surface area contributed by atoms with Gasteiger partial charge in [0.2, 0.25) is 0 Å². The maximum atomic E-state index is 12.5. The Hall–Kier alpha value is -1.72. The quantitative estimate of drug-likeness (QED) is 0.622. The summed E-state index contributed by atoms with van der Waals surface area (Å²) in [6.45, 7) is 3.97.